The first-order valence-electron chi connectivity index (χ1n) is 4.33. The highest BCUT2D eigenvalue weighted by Crippen LogP contribution is 2.09. The predicted molar refractivity (Wildman–Crippen MR) is 53.2 cm³/mol. The minimum atomic E-state index is -1.07. The Morgan fingerprint density at radius 2 is 1.93 bits per heavy atom. The van der Waals surface area contributed by atoms with Gasteiger partial charge in [0.15, 0.2) is 6.04 Å². The van der Waals surface area contributed by atoms with E-state index in [0.717, 1.165) is 0 Å². The van der Waals surface area contributed by atoms with E-state index in [1.54, 1.807) is 24.3 Å². The second kappa shape index (κ2) is 4.62. The third kappa shape index (κ3) is 2.74. The molecule has 4 heteroatoms. The van der Waals surface area contributed by atoms with E-state index in [1.807, 2.05) is 6.07 Å². The summed E-state index contributed by atoms with van der Waals surface area (Å²) < 4.78 is 0. The van der Waals surface area contributed by atoms with Crippen molar-refractivity contribution in [3.63, 3.8) is 0 Å². The van der Waals surface area contributed by atoms with Gasteiger partial charge in [-0.15, -0.1) is 0 Å². The van der Waals surface area contributed by atoms with E-state index in [4.69, 9.17) is 5.11 Å². The molecule has 3 N–H and O–H groups in total. The molecule has 4 nitrogen and oxygen atoms in total. The molecule has 2 atom stereocenters. The minimum absolute atomic E-state index is 0.681. The molecule has 0 aliphatic heterocycles. The summed E-state index contributed by atoms with van der Waals surface area (Å²) in [5, 5.41) is 20.7. The number of carboxylic acid groups (broad SMARTS) is 1. The third-order valence-electron chi connectivity index (χ3n) is 1.84. The van der Waals surface area contributed by atoms with Crippen LogP contribution in [0.2, 0.25) is 0 Å². The normalized spacial score (nSPS) is 14.4. The molecular weight excluding hydrogens is 182 g/mol. The molecule has 0 amide bonds. The Balaban J connectivity index is 2.70. The van der Waals surface area contributed by atoms with Crippen molar-refractivity contribution in [2.75, 3.05) is 5.32 Å². The molecule has 0 saturated carbocycles. The quantitative estimate of drug-likeness (QED) is 0.668. The average Bonchev–Trinajstić information content (AvgIpc) is 2.15. The van der Waals surface area contributed by atoms with Crippen molar-refractivity contribution >= 4 is 11.7 Å². The molecule has 0 aliphatic rings. The number of aliphatic hydroxyl groups is 1. The lowest BCUT2D eigenvalue weighted by Crippen LogP contribution is -2.38. The summed E-state index contributed by atoms with van der Waals surface area (Å²) in [5.74, 6) is -1.07. The highest BCUT2D eigenvalue weighted by atomic mass is 16.4. The zero-order chi connectivity index (χ0) is 10.6. The smallest absolute Gasteiger partial charge is 0.328 e. The van der Waals surface area contributed by atoms with Gasteiger partial charge in [-0.05, 0) is 19.1 Å². The molecule has 0 aromatic heterocycles. The number of benzene rings is 1. The van der Waals surface area contributed by atoms with Crippen LogP contribution in [-0.4, -0.2) is 28.3 Å². The van der Waals surface area contributed by atoms with Gasteiger partial charge in [-0.3, -0.25) is 0 Å². The Morgan fingerprint density at radius 3 is 2.36 bits per heavy atom. The van der Waals surface area contributed by atoms with Crippen LogP contribution in [0.1, 0.15) is 6.92 Å². The maximum Gasteiger partial charge on any atom is 0.328 e. The number of nitrogens with one attached hydrogen (secondary N) is 1. The molecule has 0 fully saturated rings. The lowest BCUT2D eigenvalue weighted by molar-refractivity contribution is -0.140. The minimum Gasteiger partial charge on any atom is -0.480 e. The van der Waals surface area contributed by atoms with Gasteiger partial charge in [0.05, 0.1) is 6.10 Å². The first-order chi connectivity index (χ1) is 6.61. The Kier molecular flexibility index (Phi) is 3.48. The average molecular weight is 195 g/mol. The van der Waals surface area contributed by atoms with E-state index in [2.05, 4.69) is 5.32 Å². The number of hydrogen-bond donors (Lipinski definition) is 3. The number of anilines is 1. The van der Waals surface area contributed by atoms with Gasteiger partial charge in [-0.2, -0.15) is 0 Å². The Morgan fingerprint density at radius 1 is 1.36 bits per heavy atom. The van der Waals surface area contributed by atoms with Crippen molar-refractivity contribution in [1.29, 1.82) is 0 Å². The first-order valence-corrected chi connectivity index (χ1v) is 4.33. The molecule has 1 aromatic rings. The Hall–Kier alpha value is -1.55. The van der Waals surface area contributed by atoms with Crippen LogP contribution in [0.4, 0.5) is 5.69 Å². The number of aliphatic hydroxyl groups excluding tert-OH is 1. The first kappa shape index (κ1) is 10.5. The Labute approximate surface area is 82.2 Å². The van der Waals surface area contributed by atoms with Crippen LogP contribution < -0.4 is 5.32 Å². The van der Waals surface area contributed by atoms with E-state index >= 15 is 0 Å². The van der Waals surface area contributed by atoms with Gasteiger partial charge >= 0.3 is 5.97 Å². The SMILES string of the molecule is CC(O)C(Nc1ccccc1)C(=O)O. The predicted octanol–water partition coefficient (Wildman–Crippen LogP) is 0.932. The van der Waals surface area contributed by atoms with E-state index in [9.17, 15) is 9.90 Å². The molecule has 0 heterocycles. The molecule has 2 unspecified atom stereocenters. The van der Waals surface area contributed by atoms with E-state index in [1.165, 1.54) is 6.92 Å². The Bertz CT molecular complexity index is 297. The second-order valence-electron chi connectivity index (χ2n) is 3.07. The van der Waals surface area contributed by atoms with Crippen LogP contribution in [0, 0.1) is 0 Å². The summed E-state index contributed by atoms with van der Waals surface area (Å²) in [7, 11) is 0. The van der Waals surface area contributed by atoms with Crippen molar-refractivity contribution in [2.24, 2.45) is 0 Å². The van der Waals surface area contributed by atoms with Crippen molar-refractivity contribution in [1.82, 2.24) is 0 Å². The maximum absolute atomic E-state index is 10.7. The monoisotopic (exact) mass is 195 g/mol. The number of hydrogen-bond acceptors (Lipinski definition) is 3. The third-order valence-corrected chi connectivity index (χ3v) is 1.84. The molecule has 76 valence electrons. The fourth-order valence-corrected chi connectivity index (χ4v) is 1.10. The van der Waals surface area contributed by atoms with E-state index < -0.39 is 18.1 Å². The fraction of sp³-hybridized carbons (Fsp3) is 0.300. The number of carboxylic acids is 1. The lowest BCUT2D eigenvalue weighted by atomic mass is 10.1. The van der Waals surface area contributed by atoms with Gasteiger partial charge < -0.3 is 15.5 Å². The van der Waals surface area contributed by atoms with E-state index in [0.29, 0.717) is 5.69 Å². The zero-order valence-electron chi connectivity index (χ0n) is 7.84. The van der Waals surface area contributed by atoms with Crippen molar-refractivity contribution in [2.45, 2.75) is 19.1 Å². The van der Waals surface area contributed by atoms with Gasteiger partial charge in [0.25, 0.3) is 0 Å². The van der Waals surface area contributed by atoms with Gasteiger partial charge in [0, 0.05) is 5.69 Å². The highest BCUT2D eigenvalue weighted by molar-refractivity contribution is 5.78. The second-order valence-corrected chi connectivity index (χ2v) is 3.07. The summed E-state index contributed by atoms with van der Waals surface area (Å²) in [6, 6.07) is 7.95. The number of rotatable bonds is 4. The van der Waals surface area contributed by atoms with Gasteiger partial charge in [0.1, 0.15) is 0 Å². The van der Waals surface area contributed by atoms with Crippen LogP contribution in [-0.2, 0) is 4.79 Å². The summed E-state index contributed by atoms with van der Waals surface area (Å²) >= 11 is 0. The van der Waals surface area contributed by atoms with Gasteiger partial charge in [-0.25, -0.2) is 4.79 Å². The molecule has 14 heavy (non-hydrogen) atoms. The van der Waals surface area contributed by atoms with Crippen molar-refractivity contribution in [3.05, 3.63) is 30.3 Å². The molecule has 0 spiro atoms. The van der Waals surface area contributed by atoms with Crippen LogP contribution in [0.15, 0.2) is 30.3 Å². The topological polar surface area (TPSA) is 69.6 Å². The van der Waals surface area contributed by atoms with Crippen molar-refractivity contribution in [3.8, 4) is 0 Å². The molecular formula is C10H13NO3. The summed E-state index contributed by atoms with van der Waals surface area (Å²) in [6.07, 6.45) is -0.937. The van der Waals surface area contributed by atoms with E-state index in [-0.39, 0.29) is 0 Å². The van der Waals surface area contributed by atoms with Gasteiger partial charge in [-0.1, -0.05) is 18.2 Å². The van der Waals surface area contributed by atoms with Crippen LogP contribution >= 0.6 is 0 Å². The van der Waals surface area contributed by atoms with Crippen molar-refractivity contribution < 1.29 is 15.0 Å². The van der Waals surface area contributed by atoms with Crippen LogP contribution in [0.5, 0.6) is 0 Å². The number of aliphatic carboxylic acids is 1. The molecule has 1 aromatic carbocycles. The number of para-hydroxylation sites is 1. The molecule has 0 saturated heterocycles. The summed E-state index contributed by atoms with van der Waals surface area (Å²) in [5.41, 5.74) is 0.681. The molecule has 1 rings (SSSR count). The fourth-order valence-electron chi connectivity index (χ4n) is 1.10. The molecule has 0 radical (unpaired) electrons. The highest BCUT2D eigenvalue weighted by Gasteiger charge is 2.22. The number of carbonyl (C=O) groups is 1. The zero-order valence-corrected chi connectivity index (χ0v) is 7.84. The summed E-state index contributed by atoms with van der Waals surface area (Å²) in [6.45, 7) is 1.44. The van der Waals surface area contributed by atoms with Gasteiger partial charge in [0.2, 0.25) is 0 Å². The molecule has 0 bridgehead atoms. The van der Waals surface area contributed by atoms with Crippen LogP contribution in [0.3, 0.4) is 0 Å². The van der Waals surface area contributed by atoms with Crippen LogP contribution in [0.25, 0.3) is 0 Å². The maximum atomic E-state index is 10.7. The largest absolute Gasteiger partial charge is 0.480 e. The lowest BCUT2D eigenvalue weighted by Gasteiger charge is -2.17. The molecule has 0 aliphatic carbocycles. The summed E-state index contributed by atoms with van der Waals surface area (Å²) in [4.78, 5) is 10.7. The standard InChI is InChI=1S/C10H13NO3/c1-7(12)9(10(13)14)11-8-5-3-2-4-6-8/h2-7,9,11-12H,1H3,(H,13,14).